The van der Waals surface area contributed by atoms with E-state index in [1.165, 1.54) is 5.69 Å². The molecule has 0 aromatic carbocycles. The second-order valence-corrected chi connectivity index (χ2v) is 5.41. The van der Waals surface area contributed by atoms with Crippen LogP contribution in [0.5, 0.6) is 0 Å². The van der Waals surface area contributed by atoms with Gasteiger partial charge in [-0.25, -0.2) is 4.98 Å². The van der Waals surface area contributed by atoms with Crippen LogP contribution >= 0.6 is 0 Å². The van der Waals surface area contributed by atoms with Crippen LogP contribution in [0.25, 0.3) is 5.65 Å². The summed E-state index contributed by atoms with van der Waals surface area (Å²) in [6.45, 7) is 8.27. The number of aliphatic hydroxyl groups is 1. The molecule has 108 valence electrons. The normalized spacial score (nSPS) is 17.9. The third-order valence-electron chi connectivity index (χ3n) is 4.08. The van der Waals surface area contributed by atoms with Gasteiger partial charge in [-0.05, 0) is 19.1 Å². The van der Waals surface area contributed by atoms with Crippen LogP contribution in [0.1, 0.15) is 11.4 Å². The van der Waals surface area contributed by atoms with Crippen molar-refractivity contribution in [3.8, 4) is 0 Å². The van der Waals surface area contributed by atoms with Crippen molar-refractivity contribution < 1.29 is 5.11 Å². The monoisotopic (exact) mass is 274 g/mol. The first-order chi connectivity index (χ1) is 9.78. The molecular formula is C15H22N4O. The lowest BCUT2D eigenvalue weighted by Gasteiger charge is -2.34. The molecule has 2 aromatic heterocycles. The lowest BCUT2D eigenvalue weighted by atomic mass is 10.2. The summed E-state index contributed by atoms with van der Waals surface area (Å²) in [7, 11) is 0. The number of β-amino-alcohol motifs (C(OH)–C–C–N with tert-alkyl or cyclic N) is 1. The van der Waals surface area contributed by atoms with E-state index in [0.717, 1.165) is 50.6 Å². The van der Waals surface area contributed by atoms with E-state index in [4.69, 9.17) is 5.11 Å². The molecule has 0 spiro atoms. The van der Waals surface area contributed by atoms with E-state index in [0.29, 0.717) is 0 Å². The molecule has 0 bridgehead atoms. The SMILES string of the molecule is Cc1nc2ccccn2c1CN1CCN(CCO)CC1. The number of rotatable bonds is 4. The molecule has 0 amide bonds. The Morgan fingerprint density at radius 3 is 2.65 bits per heavy atom. The van der Waals surface area contributed by atoms with E-state index in [-0.39, 0.29) is 6.61 Å². The van der Waals surface area contributed by atoms with Crippen molar-refractivity contribution in [2.45, 2.75) is 13.5 Å². The van der Waals surface area contributed by atoms with Crippen molar-refractivity contribution in [3.63, 3.8) is 0 Å². The lowest BCUT2D eigenvalue weighted by molar-refractivity contribution is 0.107. The molecule has 2 aromatic rings. The predicted molar refractivity (Wildman–Crippen MR) is 78.7 cm³/mol. The minimum Gasteiger partial charge on any atom is -0.395 e. The summed E-state index contributed by atoms with van der Waals surface area (Å²) >= 11 is 0. The molecule has 5 nitrogen and oxygen atoms in total. The zero-order valence-electron chi connectivity index (χ0n) is 12.0. The molecule has 0 atom stereocenters. The number of hydrogen-bond donors (Lipinski definition) is 1. The van der Waals surface area contributed by atoms with Gasteiger partial charge in [-0.15, -0.1) is 0 Å². The quantitative estimate of drug-likeness (QED) is 0.894. The molecule has 0 aliphatic carbocycles. The van der Waals surface area contributed by atoms with Crippen LogP contribution in [0.2, 0.25) is 0 Å². The van der Waals surface area contributed by atoms with Crippen LogP contribution in [0.15, 0.2) is 24.4 Å². The van der Waals surface area contributed by atoms with Gasteiger partial charge in [-0.1, -0.05) is 6.07 Å². The van der Waals surface area contributed by atoms with Crippen LogP contribution in [0, 0.1) is 6.92 Å². The van der Waals surface area contributed by atoms with Crippen molar-refractivity contribution >= 4 is 5.65 Å². The molecule has 5 heteroatoms. The fourth-order valence-corrected chi connectivity index (χ4v) is 2.88. The summed E-state index contributed by atoms with van der Waals surface area (Å²) in [6, 6.07) is 6.13. The standard InChI is InChI=1S/C15H22N4O/c1-13-14(19-5-3-2-4-15(19)16-13)12-18-8-6-17(7-9-18)10-11-20/h2-5,20H,6-12H2,1H3. The van der Waals surface area contributed by atoms with E-state index >= 15 is 0 Å². The minimum absolute atomic E-state index is 0.256. The molecule has 0 radical (unpaired) electrons. The fraction of sp³-hybridized carbons (Fsp3) is 0.533. The molecular weight excluding hydrogens is 252 g/mol. The Labute approximate surface area is 119 Å². The van der Waals surface area contributed by atoms with E-state index in [9.17, 15) is 0 Å². The average molecular weight is 274 g/mol. The fourth-order valence-electron chi connectivity index (χ4n) is 2.88. The van der Waals surface area contributed by atoms with Gasteiger partial charge in [-0.2, -0.15) is 0 Å². The Morgan fingerprint density at radius 2 is 1.90 bits per heavy atom. The highest BCUT2D eigenvalue weighted by Crippen LogP contribution is 2.15. The Balaban J connectivity index is 1.70. The van der Waals surface area contributed by atoms with Gasteiger partial charge in [0, 0.05) is 45.5 Å². The number of nitrogens with zero attached hydrogens (tertiary/aromatic N) is 4. The zero-order chi connectivity index (χ0) is 13.9. The molecule has 1 aliphatic heterocycles. The number of imidazole rings is 1. The van der Waals surface area contributed by atoms with Crippen LogP contribution in [0.3, 0.4) is 0 Å². The van der Waals surface area contributed by atoms with Crippen molar-refractivity contribution in [3.05, 3.63) is 35.8 Å². The maximum atomic E-state index is 8.98. The molecule has 3 rings (SSSR count). The molecule has 1 saturated heterocycles. The van der Waals surface area contributed by atoms with Gasteiger partial charge >= 0.3 is 0 Å². The highest BCUT2D eigenvalue weighted by molar-refractivity contribution is 5.42. The maximum Gasteiger partial charge on any atom is 0.137 e. The summed E-state index contributed by atoms with van der Waals surface area (Å²) in [5.74, 6) is 0. The predicted octanol–water partition coefficient (Wildman–Crippen LogP) is 0.753. The van der Waals surface area contributed by atoms with Crippen LogP contribution in [-0.4, -0.2) is 63.6 Å². The highest BCUT2D eigenvalue weighted by atomic mass is 16.3. The second-order valence-electron chi connectivity index (χ2n) is 5.41. The number of piperazine rings is 1. The number of aryl methyl sites for hydroxylation is 1. The van der Waals surface area contributed by atoms with E-state index in [2.05, 4.69) is 44.4 Å². The van der Waals surface area contributed by atoms with E-state index in [1.54, 1.807) is 0 Å². The summed E-state index contributed by atoms with van der Waals surface area (Å²) < 4.78 is 2.19. The van der Waals surface area contributed by atoms with Crippen LogP contribution in [-0.2, 0) is 6.54 Å². The largest absolute Gasteiger partial charge is 0.395 e. The Hall–Kier alpha value is -1.43. The first-order valence-corrected chi connectivity index (χ1v) is 7.26. The first kappa shape index (κ1) is 13.5. The minimum atomic E-state index is 0.256. The van der Waals surface area contributed by atoms with Crippen molar-refractivity contribution in [2.24, 2.45) is 0 Å². The van der Waals surface area contributed by atoms with Crippen molar-refractivity contribution in [2.75, 3.05) is 39.3 Å². The van der Waals surface area contributed by atoms with Gasteiger partial charge in [-0.3, -0.25) is 9.80 Å². The third kappa shape index (κ3) is 2.70. The smallest absolute Gasteiger partial charge is 0.137 e. The molecule has 0 unspecified atom stereocenters. The van der Waals surface area contributed by atoms with Gasteiger partial charge in [0.05, 0.1) is 18.0 Å². The Kier molecular flexibility index (Phi) is 4.00. The van der Waals surface area contributed by atoms with Gasteiger partial charge in [0.25, 0.3) is 0 Å². The molecule has 3 heterocycles. The number of aliphatic hydroxyl groups excluding tert-OH is 1. The zero-order valence-corrected chi connectivity index (χ0v) is 12.0. The summed E-state index contributed by atoms with van der Waals surface area (Å²) in [4.78, 5) is 9.40. The van der Waals surface area contributed by atoms with Crippen molar-refractivity contribution in [1.29, 1.82) is 0 Å². The van der Waals surface area contributed by atoms with E-state index in [1.807, 2.05) is 6.07 Å². The highest BCUT2D eigenvalue weighted by Gasteiger charge is 2.18. The maximum absolute atomic E-state index is 8.98. The molecule has 0 saturated carbocycles. The number of hydrogen-bond acceptors (Lipinski definition) is 4. The number of pyridine rings is 1. The van der Waals surface area contributed by atoms with E-state index < -0.39 is 0 Å². The Bertz CT molecular complexity index is 572. The summed E-state index contributed by atoms with van der Waals surface area (Å²) in [5.41, 5.74) is 3.43. The van der Waals surface area contributed by atoms with Crippen molar-refractivity contribution in [1.82, 2.24) is 19.2 Å². The van der Waals surface area contributed by atoms with Crippen LogP contribution in [0.4, 0.5) is 0 Å². The molecule has 1 N–H and O–H groups in total. The molecule has 1 aliphatic rings. The van der Waals surface area contributed by atoms with Gasteiger partial charge in [0.2, 0.25) is 0 Å². The van der Waals surface area contributed by atoms with Gasteiger partial charge in [0.1, 0.15) is 5.65 Å². The lowest BCUT2D eigenvalue weighted by Crippen LogP contribution is -2.46. The Morgan fingerprint density at radius 1 is 1.15 bits per heavy atom. The first-order valence-electron chi connectivity index (χ1n) is 7.26. The number of aromatic nitrogens is 2. The van der Waals surface area contributed by atoms with Gasteiger partial charge < -0.3 is 9.51 Å². The third-order valence-corrected chi connectivity index (χ3v) is 4.08. The number of fused-ring (bicyclic) bond motifs is 1. The summed E-state index contributed by atoms with van der Waals surface area (Å²) in [5, 5.41) is 8.98. The van der Waals surface area contributed by atoms with Gasteiger partial charge in [0.15, 0.2) is 0 Å². The average Bonchev–Trinajstić information content (AvgIpc) is 2.78. The van der Waals surface area contributed by atoms with Crippen LogP contribution < -0.4 is 0 Å². The second kappa shape index (κ2) is 5.91. The molecule has 1 fully saturated rings. The summed E-state index contributed by atoms with van der Waals surface area (Å²) in [6.07, 6.45) is 2.09. The topological polar surface area (TPSA) is 44.0 Å². The molecule has 20 heavy (non-hydrogen) atoms.